The lowest BCUT2D eigenvalue weighted by Gasteiger charge is -2.13. The van der Waals surface area contributed by atoms with Gasteiger partial charge in [0, 0.05) is 0 Å². The third-order valence-electron chi connectivity index (χ3n) is 2.60. The van der Waals surface area contributed by atoms with Crippen molar-refractivity contribution in [2.75, 3.05) is 5.73 Å². The van der Waals surface area contributed by atoms with Crippen LogP contribution in [0.2, 0.25) is 0 Å². The number of hydrogen-bond donors (Lipinski definition) is 1. The van der Waals surface area contributed by atoms with E-state index in [-0.39, 0.29) is 18.3 Å². The van der Waals surface area contributed by atoms with Crippen LogP contribution < -0.4 is 11.4 Å². The first-order valence-corrected chi connectivity index (χ1v) is 5.07. The van der Waals surface area contributed by atoms with Gasteiger partial charge in [-0.2, -0.15) is 4.98 Å². The van der Waals surface area contributed by atoms with Crippen LogP contribution in [0.15, 0.2) is 11.1 Å². The molecule has 0 aliphatic carbocycles. The third-order valence-corrected chi connectivity index (χ3v) is 2.60. The van der Waals surface area contributed by atoms with Crippen LogP contribution in [-0.2, 0) is 4.74 Å². The van der Waals surface area contributed by atoms with Crippen LogP contribution >= 0.6 is 0 Å². The standard InChI is InChI=1S/C9H14N4O2/c1-2-6-3-4-7(15-6)13-5-11-8(10)12-9(13)14/h5-7H,2-4H2,1H3,(H2,10,12,14)/t6-,7-/m1/s1. The summed E-state index contributed by atoms with van der Waals surface area (Å²) in [5.41, 5.74) is 4.90. The van der Waals surface area contributed by atoms with Crippen molar-refractivity contribution in [2.45, 2.75) is 38.5 Å². The molecule has 6 heteroatoms. The summed E-state index contributed by atoms with van der Waals surface area (Å²) in [4.78, 5) is 18.8. The zero-order valence-corrected chi connectivity index (χ0v) is 8.59. The van der Waals surface area contributed by atoms with Gasteiger partial charge < -0.3 is 10.5 Å². The predicted molar refractivity (Wildman–Crippen MR) is 54.1 cm³/mol. The Morgan fingerprint density at radius 1 is 1.67 bits per heavy atom. The van der Waals surface area contributed by atoms with E-state index < -0.39 is 5.69 Å². The topological polar surface area (TPSA) is 83.0 Å². The Morgan fingerprint density at radius 2 is 2.47 bits per heavy atom. The first-order valence-electron chi connectivity index (χ1n) is 5.07. The van der Waals surface area contributed by atoms with Gasteiger partial charge in [-0.25, -0.2) is 9.78 Å². The molecule has 6 nitrogen and oxygen atoms in total. The molecular weight excluding hydrogens is 196 g/mol. The molecule has 0 radical (unpaired) electrons. The second-order valence-electron chi connectivity index (χ2n) is 3.60. The lowest BCUT2D eigenvalue weighted by atomic mass is 10.2. The summed E-state index contributed by atoms with van der Waals surface area (Å²) >= 11 is 0. The molecule has 0 saturated carbocycles. The fourth-order valence-electron chi connectivity index (χ4n) is 1.74. The highest BCUT2D eigenvalue weighted by Gasteiger charge is 2.26. The van der Waals surface area contributed by atoms with Gasteiger partial charge in [-0.1, -0.05) is 6.92 Å². The van der Waals surface area contributed by atoms with Crippen LogP contribution in [0.3, 0.4) is 0 Å². The first-order chi connectivity index (χ1) is 7.20. The van der Waals surface area contributed by atoms with E-state index in [2.05, 4.69) is 16.9 Å². The van der Waals surface area contributed by atoms with Crippen LogP contribution in [0.1, 0.15) is 32.4 Å². The molecule has 1 aromatic rings. The molecule has 0 amide bonds. The summed E-state index contributed by atoms with van der Waals surface area (Å²) in [7, 11) is 0. The van der Waals surface area contributed by atoms with E-state index in [1.165, 1.54) is 10.9 Å². The molecular formula is C9H14N4O2. The molecule has 15 heavy (non-hydrogen) atoms. The molecule has 2 rings (SSSR count). The smallest absolute Gasteiger partial charge is 0.354 e. The van der Waals surface area contributed by atoms with Crippen molar-refractivity contribution in [1.29, 1.82) is 0 Å². The minimum Gasteiger partial charge on any atom is -0.368 e. The average molecular weight is 210 g/mol. The summed E-state index contributed by atoms with van der Waals surface area (Å²) in [5.74, 6) is 0.00119. The van der Waals surface area contributed by atoms with Gasteiger partial charge in [-0.15, -0.1) is 0 Å². The molecule has 0 aromatic carbocycles. The number of hydrogen-bond acceptors (Lipinski definition) is 5. The fourth-order valence-corrected chi connectivity index (χ4v) is 1.74. The number of anilines is 1. The van der Waals surface area contributed by atoms with Crippen LogP contribution in [0.5, 0.6) is 0 Å². The maximum absolute atomic E-state index is 11.5. The minimum atomic E-state index is -0.399. The Labute approximate surface area is 87.1 Å². The lowest BCUT2D eigenvalue weighted by Crippen LogP contribution is -2.28. The number of nitrogens with two attached hydrogens (primary N) is 1. The summed E-state index contributed by atoms with van der Waals surface area (Å²) in [6.45, 7) is 2.06. The highest BCUT2D eigenvalue weighted by molar-refractivity contribution is 5.09. The predicted octanol–water partition coefficient (Wildman–Crippen LogP) is 0.308. The van der Waals surface area contributed by atoms with Gasteiger partial charge in [0.25, 0.3) is 0 Å². The molecule has 1 saturated heterocycles. The van der Waals surface area contributed by atoms with Gasteiger partial charge in [-0.3, -0.25) is 4.57 Å². The van der Waals surface area contributed by atoms with Gasteiger partial charge in [-0.05, 0) is 19.3 Å². The second-order valence-corrected chi connectivity index (χ2v) is 3.60. The summed E-state index contributed by atoms with van der Waals surface area (Å²) in [6, 6.07) is 0. The van der Waals surface area contributed by atoms with E-state index in [1.54, 1.807) is 0 Å². The number of nitrogen functional groups attached to an aromatic ring is 1. The normalized spacial score (nSPS) is 25.7. The minimum absolute atomic E-state index is 0.00119. The van der Waals surface area contributed by atoms with Crippen LogP contribution in [0.25, 0.3) is 0 Å². The molecule has 1 fully saturated rings. The molecule has 1 aliphatic heterocycles. The molecule has 2 N–H and O–H groups in total. The van der Waals surface area contributed by atoms with E-state index in [9.17, 15) is 4.79 Å². The van der Waals surface area contributed by atoms with Gasteiger partial charge in [0.1, 0.15) is 12.6 Å². The highest BCUT2D eigenvalue weighted by Crippen LogP contribution is 2.28. The summed E-state index contributed by atoms with van der Waals surface area (Å²) in [6.07, 6.45) is 4.15. The average Bonchev–Trinajstić information content (AvgIpc) is 2.66. The largest absolute Gasteiger partial charge is 0.368 e. The van der Waals surface area contributed by atoms with E-state index in [0.29, 0.717) is 0 Å². The van der Waals surface area contributed by atoms with Crippen LogP contribution in [0, 0.1) is 0 Å². The Bertz CT molecular complexity index is 403. The monoisotopic (exact) mass is 210 g/mol. The molecule has 0 bridgehead atoms. The molecule has 2 atom stereocenters. The summed E-state index contributed by atoms with van der Waals surface area (Å²) < 4.78 is 7.05. The van der Waals surface area contributed by atoms with E-state index >= 15 is 0 Å². The number of nitrogens with zero attached hydrogens (tertiary/aromatic N) is 3. The molecule has 1 aliphatic rings. The molecule has 0 spiro atoms. The van der Waals surface area contributed by atoms with Crippen molar-refractivity contribution in [1.82, 2.24) is 14.5 Å². The van der Waals surface area contributed by atoms with E-state index in [0.717, 1.165) is 19.3 Å². The van der Waals surface area contributed by atoms with Gasteiger partial charge in [0.2, 0.25) is 5.95 Å². The van der Waals surface area contributed by atoms with Crippen LogP contribution in [0.4, 0.5) is 5.95 Å². The molecule has 82 valence electrons. The van der Waals surface area contributed by atoms with Crippen molar-refractivity contribution in [3.8, 4) is 0 Å². The SMILES string of the molecule is CC[C@@H]1CC[C@H](n2cnc(N)nc2=O)O1. The van der Waals surface area contributed by atoms with Gasteiger partial charge in [0.15, 0.2) is 0 Å². The van der Waals surface area contributed by atoms with E-state index in [1.807, 2.05) is 0 Å². The maximum atomic E-state index is 11.5. The zero-order valence-electron chi connectivity index (χ0n) is 8.59. The quantitative estimate of drug-likeness (QED) is 0.759. The van der Waals surface area contributed by atoms with Crippen molar-refractivity contribution in [3.63, 3.8) is 0 Å². The lowest BCUT2D eigenvalue weighted by molar-refractivity contribution is -0.00253. The van der Waals surface area contributed by atoms with Crippen molar-refractivity contribution >= 4 is 5.95 Å². The van der Waals surface area contributed by atoms with Crippen molar-refractivity contribution in [2.24, 2.45) is 0 Å². The molecule has 1 aromatic heterocycles. The third kappa shape index (κ3) is 1.99. The number of ether oxygens (including phenoxy) is 1. The molecule has 0 unspecified atom stereocenters. The Morgan fingerprint density at radius 3 is 3.07 bits per heavy atom. The van der Waals surface area contributed by atoms with E-state index in [4.69, 9.17) is 10.5 Å². The van der Waals surface area contributed by atoms with Crippen LogP contribution in [-0.4, -0.2) is 20.6 Å². The Kier molecular flexibility index (Phi) is 2.68. The second kappa shape index (κ2) is 3.98. The Hall–Kier alpha value is -1.43. The van der Waals surface area contributed by atoms with Crippen molar-refractivity contribution < 1.29 is 4.74 Å². The van der Waals surface area contributed by atoms with Gasteiger partial charge in [0.05, 0.1) is 6.10 Å². The number of rotatable bonds is 2. The maximum Gasteiger partial charge on any atom is 0.354 e. The first kappa shape index (κ1) is 10.1. The highest BCUT2D eigenvalue weighted by atomic mass is 16.5. The molecule has 2 heterocycles. The van der Waals surface area contributed by atoms with Crippen molar-refractivity contribution in [3.05, 3.63) is 16.8 Å². The fraction of sp³-hybridized carbons (Fsp3) is 0.667. The van der Waals surface area contributed by atoms with Gasteiger partial charge >= 0.3 is 5.69 Å². The summed E-state index contributed by atoms with van der Waals surface area (Å²) in [5, 5.41) is 0. The Balaban J connectivity index is 2.20. The number of aromatic nitrogens is 3. The zero-order chi connectivity index (χ0) is 10.8.